The molecule has 0 radical (unpaired) electrons. The van der Waals surface area contributed by atoms with Gasteiger partial charge < -0.3 is 10.3 Å². The highest BCUT2D eigenvalue weighted by molar-refractivity contribution is 7.98. The highest BCUT2D eigenvalue weighted by Crippen LogP contribution is 2.33. The quantitative estimate of drug-likeness (QED) is 0.675. The average molecular weight is 331 g/mol. The van der Waals surface area contributed by atoms with Crippen LogP contribution < -0.4 is 5.32 Å². The fraction of sp³-hybridized carbons (Fsp3) is 0.222. The number of hydrogen-bond acceptors (Lipinski definition) is 2. The molecule has 0 fully saturated rings. The van der Waals surface area contributed by atoms with Crippen molar-refractivity contribution in [2.75, 3.05) is 12.8 Å². The van der Waals surface area contributed by atoms with Crippen molar-refractivity contribution in [3.63, 3.8) is 0 Å². The molecule has 4 rings (SSSR count). The molecule has 0 bridgehead atoms. The number of nitrogens with one attached hydrogen (secondary N) is 2. The number of thioether (sulfide) groups is 1. The summed E-state index contributed by atoms with van der Waals surface area (Å²) in [5, 5.41) is 5.03. The van der Waals surface area contributed by atoms with Gasteiger partial charge >= 0.3 is 0 Å². The minimum atomic E-state index is 0. The molecule has 0 saturated carbocycles. The molecule has 0 saturated heterocycles. The SMILES string of the molecule is CSc1ccc(C2NCCc3c2[nH]c2ccccc32)cc1.Cl. The van der Waals surface area contributed by atoms with Crippen molar-refractivity contribution in [1.82, 2.24) is 10.3 Å². The Morgan fingerprint density at radius 3 is 2.59 bits per heavy atom. The molecular weight excluding hydrogens is 312 g/mol. The van der Waals surface area contributed by atoms with Gasteiger partial charge in [-0.15, -0.1) is 24.2 Å². The first-order valence-corrected chi connectivity index (χ1v) is 8.56. The number of H-pyrrole nitrogens is 1. The Morgan fingerprint density at radius 2 is 1.82 bits per heavy atom. The van der Waals surface area contributed by atoms with E-state index in [1.165, 1.54) is 32.6 Å². The molecule has 3 aromatic rings. The third-order valence-electron chi connectivity index (χ3n) is 4.31. The van der Waals surface area contributed by atoms with Crippen LogP contribution in [0.4, 0.5) is 0 Å². The van der Waals surface area contributed by atoms with E-state index in [1.807, 2.05) is 0 Å². The van der Waals surface area contributed by atoms with Crippen molar-refractivity contribution in [1.29, 1.82) is 0 Å². The van der Waals surface area contributed by atoms with Crippen molar-refractivity contribution in [2.45, 2.75) is 17.4 Å². The second kappa shape index (κ2) is 6.37. The van der Waals surface area contributed by atoms with E-state index in [1.54, 1.807) is 11.8 Å². The lowest BCUT2D eigenvalue weighted by atomic mass is 9.94. The Labute approximate surface area is 141 Å². The van der Waals surface area contributed by atoms with E-state index in [2.05, 4.69) is 65.1 Å². The molecular formula is C18H19ClN2S. The van der Waals surface area contributed by atoms with Crippen molar-refractivity contribution in [3.05, 3.63) is 65.4 Å². The van der Waals surface area contributed by atoms with Crippen LogP contribution in [0.25, 0.3) is 10.9 Å². The van der Waals surface area contributed by atoms with E-state index in [-0.39, 0.29) is 18.4 Å². The Bertz CT molecular complexity index is 779. The van der Waals surface area contributed by atoms with Crippen molar-refractivity contribution >= 4 is 35.1 Å². The molecule has 1 aliphatic rings. The molecule has 0 amide bonds. The molecule has 114 valence electrons. The van der Waals surface area contributed by atoms with Crippen LogP contribution in [0.15, 0.2) is 53.4 Å². The van der Waals surface area contributed by atoms with Crippen LogP contribution in [0.1, 0.15) is 22.9 Å². The predicted octanol–water partition coefficient (Wildman–Crippen LogP) is 4.55. The number of hydrogen-bond donors (Lipinski definition) is 2. The maximum Gasteiger partial charge on any atom is 0.0732 e. The van der Waals surface area contributed by atoms with Gasteiger partial charge in [-0.25, -0.2) is 0 Å². The zero-order valence-corrected chi connectivity index (χ0v) is 14.1. The minimum Gasteiger partial charge on any atom is -0.357 e. The van der Waals surface area contributed by atoms with Gasteiger partial charge in [0.15, 0.2) is 0 Å². The van der Waals surface area contributed by atoms with Gasteiger partial charge in [0.25, 0.3) is 0 Å². The maximum absolute atomic E-state index is 3.65. The highest BCUT2D eigenvalue weighted by atomic mass is 35.5. The van der Waals surface area contributed by atoms with Crippen LogP contribution in [0.2, 0.25) is 0 Å². The summed E-state index contributed by atoms with van der Waals surface area (Å²) in [5.41, 5.74) is 5.39. The first-order chi connectivity index (χ1) is 10.4. The van der Waals surface area contributed by atoms with E-state index < -0.39 is 0 Å². The minimum absolute atomic E-state index is 0. The molecule has 4 heteroatoms. The van der Waals surface area contributed by atoms with E-state index in [0.717, 1.165) is 13.0 Å². The smallest absolute Gasteiger partial charge is 0.0732 e. The van der Waals surface area contributed by atoms with Crippen LogP contribution in [0, 0.1) is 0 Å². The highest BCUT2D eigenvalue weighted by Gasteiger charge is 2.24. The van der Waals surface area contributed by atoms with Gasteiger partial charge in [-0.1, -0.05) is 30.3 Å². The monoisotopic (exact) mass is 330 g/mol. The van der Waals surface area contributed by atoms with Crippen molar-refractivity contribution in [3.8, 4) is 0 Å². The Balaban J connectivity index is 0.00000144. The Morgan fingerprint density at radius 1 is 1.05 bits per heavy atom. The predicted molar refractivity (Wildman–Crippen MR) is 97.3 cm³/mol. The van der Waals surface area contributed by atoms with Crippen molar-refractivity contribution < 1.29 is 0 Å². The standard InChI is InChI=1S/C18H18N2S.ClH/c1-21-13-8-6-12(7-9-13)17-18-15(10-11-19-17)14-4-2-3-5-16(14)20-18;/h2-9,17,19-20H,10-11H2,1H3;1H. The zero-order chi connectivity index (χ0) is 14.2. The number of rotatable bonds is 2. The van der Waals surface area contributed by atoms with Gasteiger partial charge in [0.05, 0.1) is 6.04 Å². The molecule has 1 aromatic heterocycles. The molecule has 22 heavy (non-hydrogen) atoms. The summed E-state index contributed by atoms with van der Waals surface area (Å²) in [4.78, 5) is 4.94. The largest absolute Gasteiger partial charge is 0.357 e. The number of para-hydroxylation sites is 1. The van der Waals surface area contributed by atoms with Crippen LogP contribution in [0.3, 0.4) is 0 Å². The number of halogens is 1. The first kappa shape index (κ1) is 15.5. The second-order valence-corrected chi connectivity index (χ2v) is 6.35. The summed E-state index contributed by atoms with van der Waals surface area (Å²) in [6.45, 7) is 1.03. The lowest BCUT2D eigenvalue weighted by molar-refractivity contribution is 0.560. The van der Waals surface area contributed by atoms with Gasteiger partial charge in [-0.2, -0.15) is 0 Å². The third kappa shape index (κ3) is 2.54. The first-order valence-electron chi connectivity index (χ1n) is 7.33. The van der Waals surface area contributed by atoms with E-state index in [4.69, 9.17) is 0 Å². The third-order valence-corrected chi connectivity index (χ3v) is 5.05. The second-order valence-electron chi connectivity index (χ2n) is 5.47. The van der Waals surface area contributed by atoms with Gasteiger partial charge in [0, 0.05) is 28.0 Å². The topological polar surface area (TPSA) is 27.8 Å². The van der Waals surface area contributed by atoms with Gasteiger partial charge in [0.1, 0.15) is 0 Å². The summed E-state index contributed by atoms with van der Waals surface area (Å²) < 4.78 is 0. The number of aromatic nitrogens is 1. The average Bonchev–Trinajstić information content (AvgIpc) is 2.94. The van der Waals surface area contributed by atoms with Crippen LogP contribution in [-0.2, 0) is 6.42 Å². The Hall–Kier alpha value is -1.42. The number of benzene rings is 2. The fourth-order valence-corrected chi connectivity index (χ4v) is 3.67. The van der Waals surface area contributed by atoms with Gasteiger partial charge in [-0.05, 0) is 42.0 Å². The van der Waals surface area contributed by atoms with Crippen LogP contribution >= 0.6 is 24.2 Å². The normalized spacial score (nSPS) is 17.0. The van der Waals surface area contributed by atoms with E-state index >= 15 is 0 Å². The molecule has 2 nitrogen and oxygen atoms in total. The number of aromatic amines is 1. The van der Waals surface area contributed by atoms with E-state index in [9.17, 15) is 0 Å². The molecule has 0 aliphatic carbocycles. The van der Waals surface area contributed by atoms with Gasteiger partial charge in [-0.3, -0.25) is 0 Å². The fourth-order valence-electron chi connectivity index (χ4n) is 3.26. The summed E-state index contributed by atoms with van der Waals surface area (Å²) in [6.07, 6.45) is 3.21. The number of fused-ring (bicyclic) bond motifs is 3. The summed E-state index contributed by atoms with van der Waals surface area (Å²) in [5.74, 6) is 0. The molecule has 1 aliphatic heterocycles. The van der Waals surface area contributed by atoms with Gasteiger partial charge in [0.2, 0.25) is 0 Å². The molecule has 1 unspecified atom stereocenters. The summed E-state index contributed by atoms with van der Waals surface area (Å²) in [7, 11) is 0. The molecule has 2 aromatic carbocycles. The Kier molecular flexibility index (Phi) is 4.48. The molecule has 0 spiro atoms. The zero-order valence-electron chi connectivity index (χ0n) is 12.4. The lowest BCUT2D eigenvalue weighted by Crippen LogP contribution is -2.30. The van der Waals surface area contributed by atoms with E-state index in [0.29, 0.717) is 0 Å². The van der Waals surface area contributed by atoms with Crippen LogP contribution in [0.5, 0.6) is 0 Å². The van der Waals surface area contributed by atoms with Crippen molar-refractivity contribution in [2.24, 2.45) is 0 Å². The molecule has 2 N–H and O–H groups in total. The lowest BCUT2D eigenvalue weighted by Gasteiger charge is -2.25. The molecule has 1 atom stereocenters. The molecule has 2 heterocycles. The van der Waals surface area contributed by atoms with Crippen LogP contribution in [-0.4, -0.2) is 17.8 Å². The maximum atomic E-state index is 3.65. The summed E-state index contributed by atoms with van der Waals surface area (Å²) >= 11 is 1.79. The summed E-state index contributed by atoms with van der Waals surface area (Å²) in [6, 6.07) is 17.8.